The monoisotopic (exact) mass is 393 g/mol. The zero-order chi connectivity index (χ0) is 17.1. The van der Waals surface area contributed by atoms with Crippen LogP contribution < -0.4 is 0 Å². The van der Waals surface area contributed by atoms with Crippen molar-refractivity contribution >= 4 is 32.6 Å². The van der Waals surface area contributed by atoms with E-state index in [1.54, 1.807) is 6.92 Å². The quantitative estimate of drug-likeness (QED) is 0.505. The summed E-state index contributed by atoms with van der Waals surface area (Å²) in [4.78, 5) is 21.5. The molecule has 24 heavy (non-hydrogen) atoms. The molecule has 2 aromatic rings. The normalized spacial score (nSPS) is 16.0. The lowest BCUT2D eigenvalue weighted by Gasteiger charge is -2.22. The topological polar surface area (TPSA) is 40.5 Å². The fraction of sp³-hybridized carbons (Fsp3) is 0.526. The van der Waals surface area contributed by atoms with Crippen molar-refractivity contribution in [2.24, 2.45) is 0 Å². The molecule has 3 rings (SSSR count). The SMILES string of the molecule is COOCc1ccc2c(C3CCCCC3)c(Br)n(CC(C)=O)c2c1. The lowest BCUT2D eigenvalue weighted by molar-refractivity contribution is -0.282. The third kappa shape index (κ3) is 3.58. The van der Waals surface area contributed by atoms with Crippen LogP contribution in [0.25, 0.3) is 10.9 Å². The summed E-state index contributed by atoms with van der Waals surface area (Å²) in [6.45, 7) is 2.42. The highest BCUT2D eigenvalue weighted by atomic mass is 79.9. The molecule has 130 valence electrons. The number of carbonyl (C=O) groups is 1. The molecule has 1 aliphatic rings. The molecule has 1 aromatic carbocycles. The molecule has 1 saturated carbocycles. The first-order chi connectivity index (χ1) is 11.6. The van der Waals surface area contributed by atoms with E-state index in [0.717, 1.165) is 15.7 Å². The molecule has 1 aromatic heterocycles. The van der Waals surface area contributed by atoms with Gasteiger partial charge in [-0.3, -0.25) is 4.79 Å². The Balaban J connectivity index is 2.09. The molecule has 0 atom stereocenters. The summed E-state index contributed by atoms with van der Waals surface area (Å²) in [5.41, 5.74) is 3.49. The maximum absolute atomic E-state index is 11.8. The summed E-state index contributed by atoms with van der Waals surface area (Å²) in [5.74, 6) is 0.728. The molecule has 0 unspecified atom stereocenters. The van der Waals surface area contributed by atoms with Gasteiger partial charge in [0.2, 0.25) is 0 Å². The summed E-state index contributed by atoms with van der Waals surface area (Å²) in [5, 5.41) is 1.25. The van der Waals surface area contributed by atoms with Gasteiger partial charge in [0.15, 0.2) is 0 Å². The zero-order valence-electron chi connectivity index (χ0n) is 14.3. The lowest BCUT2D eigenvalue weighted by atomic mass is 9.84. The van der Waals surface area contributed by atoms with E-state index in [1.807, 2.05) is 0 Å². The van der Waals surface area contributed by atoms with Gasteiger partial charge >= 0.3 is 0 Å². The van der Waals surface area contributed by atoms with Crippen LogP contribution in [-0.4, -0.2) is 17.5 Å². The van der Waals surface area contributed by atoms with Crippen LogP contribution in [0.1, 0.15) is 56.1 Å². The Kier molecular flexibility index (Phi) is 5.74. The van der Waals surface area contributed by atoms with Crippen molar-refractivity contribution in [3.8, 4) is 0 Å². The molecule has 4 nitrogen and oxygen atoms in total. The Labute approximate surface area is 151 Å². The number of Topliss-reactive ketones (excluding diaryl/α,β-unsaturated/α-hetero) is 1. The molecule has 0 radical (unpaired) electrons. The van der Waals surface area contributed by atoms with Gasteiger partial charge in [0.25, 0.3) is 0 Å². The highest BCUT2D eigenvalue weighted by Gasteiger charge is 2.25. The predicted molar refractivity (Wildman–Crippen MR) is 97.9 cm³/mol. The maximum atomic E-state index is 11.8. The molecular formula is C19H24BrNO3. The highest BCUT2D eigenvalue weighted by molar-refractivity contribution is 9.10. The zero-order valence-corrected chi connectivity index (χ0v) is 15.9. The number of ketones is 1. The number of benzene rings is 1. The summed E-state index contributed by atoms with van der Waals surface area (Å²) >= 11 is 3.79. The van der Waals surface area contributed by atoms with Crippen molar-refractivity contribution in [2.45, 2.75) is 58.1 Å². The van der Waals surface area contributed by atoms with Crippen LogP contribution in [0.4, 0.5) is 0 Å². The van der Waals surface area contributed by atoms with E-state index >= 15 is 0 Å². The van der Waals surface area contributed by atoms with Gasteiger partial charge in [-0.05, 0) is 58.8 Å². The van der Waals surface area contributed by atoms with Crippen LogP contribution in [0, 0.1) is 0 Å². The minimum atomic E-state index is 0.154. The number of halogens is 1. The molecule has 1 fully saturated rings. The second kappa shape index (κ2) is 7.81. The average molecular weight is 394 g/mol. The number of carbonyl (C=O) groups excluding carboxylic acids is 1. The van der Waals surface area contributed by atoms with Gasteiger partial charge in [0.05, 0.1) is 18.3 Å². The van der Waals surface area contributed by atoms with Crippen LogP contribution >= 0.6 is 15.9 Å². The van der Waals surface area contributed by atoms with Gasteiger partial charge in [-0.2, -0.15) is 0 Å². The van der Waals surface area contributed by atoms with Crippen molar-refractivity contribution in [3.63, 3.8) is 0 Å². The number of fused-ring (bicyclic) bond motifs is 1. The predicted octanol–water partition coefficient (Wildman–Crippen LogP) is 5.12. The van der Waals surface area contributed by atoms with E-state index in [9.17, 15) is 4.79 Å². The largest absolute Gasteiger partial charge is 0.328 e. The minimum absolute atomic E-state index is 0.154. The molecule has 0 spiro atoms. The third-order valence-corrected chi connectivity index (χ3v) is 5.70. The molecular weight excluding hydrogens is 370 g/mol. The number of hydrogen-bond donors (Lipinski definition) is 0. The number of nitrogens with zero attached hydrogens (tertiary/aromatic N) is 1. The van der Waals surface area contributed by atoms with Crippen molar-refractivity contribution in [3.05, 3.63) is 33.9 Å². The lowest BCUT2D eigenvalue weighted by Crippen LogP contribution is -2.08. The van der Waals surface area contributed by atoms with Crippen LogP contribution in [-0.2, 0) is 27.7 Å². The summed E-state index contributed by atoms with van der Waals surface area (Å²) < 4.78 is 3.15. The molecule has 5 heteroatoms. The standard InChI is InChI=1S/C19H24BrNO3/c1-13(22)11-21-17-10-14(12-24-23-2)8-9-16(17)18(19(21)20)15-6-4-3-5-7-15/h8-10,15H,3-7,11-12H2,1-2H3. The van der Waals surface area contributed by atoms with Crippen LogP contribution in [0.5, 0.6) is 0 Å². The van der Waals surface area contributed by atoms with Crippen LogP contribution in [0.2, 0.25) is 0 Å². The van der Waals surface area contributed by atoms with E-state index in [2.05, 4.69) is 38.7 Å². The first-order valence-corrected chi connectivity index (χ1v) is 9.36. The van der Waals surface area contributed by atoms with Gasteiger partial charge in [-0.1, -0.05) is 31.4 Å². The summed E-state index contributed by atoms with van der Waals surface area (Å²) in [7, 11) is 1.51. The third-order valence-electron chi connectivity index (χ3n) is 4.84. The average Bonchev–Trinajstić information content (AvgIpc) is 2.85. The summed E-state index contributed by atoms with van der Waals surface area (Å²) in [6, 6.07) is 6.35. The second-order valence-electron chi connectivity index (χ2n) is 6.61. The van der Waals surface area contributed by atoms with Gasteiger partial charge in [-0.15, -0.1) is 0 Å². The Morgan fingerprint density at radius 1 is 1.29 bits per heavy atom. The van der Waals surface area contributed by atoms with Gasteiger partial charge in [-0.25, -0.2) is 9.78 Å². The smallest absolute Gasteiger partial charge is 0.149 e. The van der Waals surface area contributed by atoms with E-state index in [4.69, 9.17) is 9.78 Å². The number of aromatic nitrogens is 1. The molecule has 1 aliphatic carbocycles. The second-order valence-corrected chi connectivity index (χ2v) is 7.36. The van der Waals surface area contributed by atoms with Crippen LogP contribution in [0.3, 0.4) is 0 Å². The van der Waals surface area contributed by atoms with Crippen molar-refractivity contribution in [2.75, 3.05) is 7.11 Å². The van der Waals surface area contributed by atoms with Crippen molar-refractivity contribution in [1.29, 1.82) is 0 Å². The maximum Gasteiger partial charge on any atom is 0.149 e. The van der Waals surface area contributed by atoms with Crippen molar-refractivity contribution < 1.29 is 14.6 Å². The van der Waals surface area contributed by atoms with E-state index in [0.29, 0.717) is 19.1 Å². The van der Waals surface area contributed by atoms with Crippen LogP contribution in [0.15, 0.2) is 22.8 Å². The highest BCUT2D eigenvalue weighted by Crippen LogP contribution is 2.42. The Hall–Kier alpha value is -1.17. The number of rotatable bonds is 6. The molecule has 0 saturated heterocycles. The number of hydrogen-bond acceptors (Lipinski definition) is 3. The van der Waals surface area contributed by atoms with E-state index in [1.165, 1.54) is 50.2 Å². The molecule has 0 N–H and O–H groups in total. The Morgan fingerprint density at radius 2 is 2.04 bits per heavy atom. The first-order valence-electron chi connectivity index (χ1n) is 8.57. The van der Waals surface area contributed by atoms with E-state index < -0.39 is 0 Å². The molecule has 0 bridgehead atoms. The van der Waals surface area contributed by atoms with Gasteiger partial charge in [0, 0.05) is 10.9 Å². The summed E-state index contributed by atoms with van der Waals surface area (Å²) in [6.07, 6.45) is 6.36. The van der Waals surface area contributed by atoms with Gasteiger partial charge in [0.1, 0.15) is 12.4 Å². The fourth-order valence-electron chi connectivity index (χ4n) is 3.76. The molecule has 0 amide bonds. The fourth-order valence-corrected chi connectivity index (χ4v) is 4.62. The Bertz CT molecular complexity index is 732. The molecule has 0 aliphatic heterocycles. The minimum Gasteiger partial charge on any atom is -0.328 e. The van der Waals surface area contributed by atoms with E-state index in [-0.39, 0.29) is 5.78 Å². The molecule has 1 heterocycles. The van der Waals surface area contributed by atoms with Crippen molar-refractivity contribution in [1.82, 2.24) is 4.57 Å². The van der Waals surface area contributed by atoms with Gasteiger partial charge < -0.3 is 4.57 Å². The Morgan fingerprint density at radius 3 is 2.71 bits per heavy atom. The first kappa shape index (κ1) is 17.6.